The maximum absolute atomic E-state index is 12.0. The van der Waals surface area contributed by atoms with Gasteiger partial charge in [-0.25, -0.2) is 0 Å². The van der Waals surface area contributed by atoms with Crippen molar-refractivity contribution >= 4 is 23.2 Å². The van der Waals surface area contributed by atoms with Gasteiger partial charge in [-0.3, -0.25) is 9.59 Å². The van der Waals surface area contributed by atoms with Crippen LogP contribution in [0.4, 0.5) is 11.4 Å². The van der Waals surface area contributed by atoms with Crippen molar-refractivity contribution in [2.45, 2.75) is 39.0 Å². The molecule has 2 amide bonds. The molecule has 1 aromatic rings. The number of hydrogen-bond acceptors (Lipinski definition) is 3. The Bertz CT molecular complexity index is 491. The van der Waals surface area contributed by atoms with E-state index in [4.69, 9.17) is 0 Å². The fraction of sp³-hybridized carbons (Fsp3) is 0.529. The van der Waals surface area contributed by atoms with Crippen LogP contribution in [-0.2, 0) is 9.59 Å². The summed E-state index contributed by atoms with van der Waals surface area (Å²) in [5.41, 5.74) is 1.49. The molecule has 0 aromatic heterocycles. The van der Waals surface area contributed by atoms with E-state index in [-0.39, 0.29) is 11.8 Å². The van der Waals surface area contributed by atoms with Crippen LogP contribution in [0.25, 0.3) is 0 Å². The summed E-state index contributed by atoms with van der Waals surface area (Å²) < 4.78 is 0. The molecule has 1 saturated heterocycles. The highest BCUT2D eigenvalue weighted by atomic mass is 16.2. The summed E-state index contributed by atoms with van der Waals surface area (Å²) in [4.78, 5) is 25.3. The van der Waals surface area contributed by atoms with Crippen molar-refractivity contribution in [1.29, 1.82) is 0 Å². The van der Waals surface area contributed by atoms with Gasteiger partial charge in [0.15, 0.2) is 0 Å². The molecule has 120 valence electrons. The second-order valence-electron chi connectivity index (χ2n) is 5.81. The van der Waals surface area contributed by atoms with Crippen LogP contribution < -0.4 is 10.6 Å². The van der Waals surface area contributed by atoms with Gasteiger partial charge < -0.3 is 15.5 Å². The Morgan fingerprint density at radius 2 is 1.50 bits per heavy atom. The number of nitrogens with zero attached hydrogens (tertiary/aromatic N) is 1. The highest BCUT2D eigenvalue weighted by Crippen LogP contribution is 2.14. The second-order valence-corrected chi connectivity index (χ2v) is 5.81. The number of nitrogens with one attached hydrogen (secondary N) is 2. The normalized spacial score (nSPS) is 15.9. The molecule has 0 radical (unpaired) electrons. The van der Waals surface area contributed by atoms with E-state index in [1.807, 2.05) is 0 Å². The van der Waals surface area contributed by atoms with Crippen molar-refractivity contribution in [3.8, 4) is 0 Å². The monoisotopic (exact) mass is 303 g/mol. The van der Waals surface area contributed by atoms with Crippen LogP contribution in [0.1, 0.15) is 39.0 Å². The highest BCUT2D eigenvalue weighted by Gasteiger charge is 2.11. The fourth-order valence-electron chi connectivity index (χ4n) is 2.68. The Balaban J connectivity index is 1.75. The molecule has 1 aliphatic heterocycles. The summed E-state index contributed by atoms with van der Waals surface area (Å²) in [5, 5.41) is 5.60. The first-order valence-electron chi connectivity index (χ1n) is 8.03. The molecular weight excluding hydrogens is 278 g/mol. The van der Waals surface area contributed by atoms with Gasteiger partial charge in [0.25, 0.3) is 0 Å². The molecule has 0 unspecified atom stereocenters. The van der Waals surface area contributed by atoms with Gasteiger partial charge in [-0.1, -0.05) is 12.8 Å². The Hall–Kier alpha value is -1.88. The second kappa shape index (κ2) is 8.54. The van der Waals surface area contributed by atoms with E-state index in [9.17, 15) is 9.59 Å². The fourth-order valence-corrected chi connectivity index (χ4v) is 2.68. The van der Waals surface area contributed by atoms with Gasteiger partial charge >= 0.3 is 0 Å². The molecule has 5 heteroatoms. The summed E-state index contributed by atoms with van der Waals surface area (Å²) in [6.07, 6.45) is 5.62. The van der Waals surface area contributed by atoms with E-state index >= 15 is 0 Å². The van der Waals surface area contributed by atoms with Gasteiger partial charge in [-0.2, -0.15) is 0 Å². The summed E-state index contributed by atoms with van der Waals surface area (Å²) in [5.74, 6) is -0.0641. The van der Waals surface area contributed by atoms with E-state index in [1.54, 1.807) is 24.3 Å². The molecule has 0 spiro atoms. The third kappa shape index (κ3) is 5.85. The molecule has 0 atom stereocenters. The van der Waals surface area contributed by atoms with Gasteiger partial charge in [0.1, 0.15) is 0 Å². The van der Waals surface area contributed by atoms with E-state index in [2.05, 4.69) is 15.5 Å². The Labute approximate surface area is 132 Å². The number of benzene rings is 1. The van der Waals surface area contributed by atoms with Gasteiger partial charge in [-0.05, 0) is 50.2 Å². The summed E-state index contributed by atoms with van der Waals surface area (Å²) in [7, 11) is 0. The third-order valence-corrected chi connectivity index (χ3v) is 3.84. The minimum absolute atomic E-state index is 0.0384. The first-order valence-corrected chi connectivity index (χ1v) is 8.03. The number of carbonyl (C=O) groups excluding carboxylic acids is 2. The van der Waals surface area contributed by atoms with Crippen LogP contribution in [0.3, 0.4) is 0 Å². The van der Waals surface area contributed by atoms with Gasteiger partial charge in [-0.15, -0.1) is 0 Å². The maximum Gasteiger partial charge on any atom is 0.225 e. The van der Waals surface area contributed by atoms with Crippen molar-refractivity contribution in [1.82, 2.24) is 4.90 Å². The van der Waals surface area contributed by atoms with Gasteiger partial charge in [0.2, 0.25) is 11.8 Å². The molecule has 0 saturated carbocycles. The molecule has 0 bridgehead atoms. The molecular formula is C17H25N3O2. The van der Waals surface area contributed by atoms with Crippen molar-refractivity contribution < 1.29 is 9.59 Å². The van der Waals surface area contributed by atoms with Crippen molar-refractivity contribution in [2.75, 3.05) is 30.3 Å². The molecule has 1 aromatic carbocycles. The Morgan fingerprint density at radius 3 is 2.05 bits per heavy atom. The van der Waals surface area contributed by atoms with Crippen molar-refractivity contribution in [3.63, 3.8) is 0 Å². The molecule has 1 aliphatic rings. The maximum atomic E-state index is 12.0. The molecule has 22 heavy (non-hydrogen) atoms. The van der Waals surface area contributed by atoms with E-state index < -0.39 is 0 Å². The average molecular weight is 303 g/mol. The van der Waals surface area contributed by atoms with E-state index in [0.29, 0.717) is 6.42 Å². The largest absolute Gasteiger partial charge is 0.326 e. The predicted molar refractivity (Wildman–Crippen MR) is 88.9 cm³/mol. The number of rotatable bonds is 5. The number of amides is 2. The average Bonchev–Trinajstić information content (AvgIpc) is 2.75. The van der Waals surface area contributed by atoms with Crippen LogP contribution in [0, 0.1) is 0 Å². The van der Waals surface area contributed by atoms with Crippen LogP contribution in [-0.4, -0.2) is 36.3 Å². The molecule has 1 fully saturated rings. The molecule has 5 nitrogen and oxygen atoms in total. The zero-order valence-electron chi connectivity index (χ0n) is 13.2. The number of carbonyl (C=O) groups is 2. The summed E-state index contributed by atoms with van der Waals surface area (Å²) >= 11 is 0. The molecule has 1 heterocycles. The topological polar surface area (TPSA) is 61.4 Å². The molecule has 2 rings (SSSR count). The number of hydrogen-bond donors (Lipinski definition) is 2. The predicted octanol–water partition coefficient (Wildman–Crippen LogP) is 2.85. The van der Waals surface area contributed by atoms with Crippen LogP contribution in [0.2, 0.25) is 0 Å². The molecule has 0 aliphatic carbocycles. The first kappa shape index (κ1) is 16.5. The standard InChI is InChI=1S/C17H25N3O2/c1-14(21)18-15-6-8-16(9-7-15)19-17(22)10-13-20-11-4-2-3-5-12-20/h6-9H,2-5,10-13H2,1H3,(H,18,21)(H,19,22). The minimum Gasteiger partial charge on any atom is -0.326 e. The lowest BCUT2D eigenvalue weighted by molar-refractivity contribution is -0.116. The van der Waals surface area contributed by atoms with Crippen molar-refractivity contribution in [2.24, 2.45) is 0 Å². The zero-order chi connectivity index (χ0) is 15.8. The SMILES string of the molecule is CC(=O)Nc1ccc(NC(=O)CCN2CCCCCC2)cc1. The Morgan fingerprint density at radius 1 is 0.955 bits per heavy atom. The lowest BCUT2D eigenvalue weighted by Crippen LogP contribution is -2.28. The summed E-state index contributed by atoms with van der Waals surface area (Å²) in [6.45, 7) is 4.52. The van der Waals surface area contributed by atoms with Crippen LogP contribution in [0.5, 0.6) is 0 Å². The molecule has 2 N–H and O–H groups in total. The van der Waals surface area contributed by atoms with E-state index in [0.717, 1.165) is 31.0 Å². The smallest absolute Gasteiger partial charge is 0.225 e. The Kier molecular flexibility index (Phi) is 6.40. The first-order chi connectivity index (χ1) is 10.6. The lowest BCUT2D eigenvalue weighted by Gasteiger charge is -2.19. The third-order valence-electron chi connectivity index (χ3n) is 3.84. The minimum atomic E-state index is -0.103. The zero-order valence-corrected chi connectivity index (χ0v) is 13.2. The van der Waals surface area contributed by atoms with Crippen molar-refractivity contribution in [3.05, 3.63) is 24.3 Å². The quantitative estimate of drug-likeness (QED) is 0.879. The van der Waals surface area contributed by atoms with E-state index in [1.165, 1.54) is 32.6 Å². The summed E-state index contributed by atoms with van der Waals surface area (Å²) in [6, 6.07) is 7.17. The highest BCUT2D eigenvalue weighted by molar-refractivity contribution is 5.92. The van der Waals surface area contributed by atoms with Gasteiger partial charge in [0, 0.05) is 31.3 Å². The number of anilines is 2. The van der Waals surface area contributed by atoms with Crippen LogP contribution in [0.15, 0.2) is 24.3 Å². The lowest BCUT2D eigenvalue weighted by atomic mass is 10.2. The number of likely N-dealkylation sites (tertiary alicyclic amines) is 1. The van der Waals surface area contributed by atoms with Crippen LogP contribution >= 0.6 is 0 Å². The van der Waals surface area contributed by atoms with Gasteiger partial charge in [0.05, 0.1) is 0 Å².